The Hall–Kier alpha value is -3.00. The van der Waals surface area contributed by atoms with E-state index in [4.69, 9.17) is 4.52 Å². The van der Waals surface area contributed by atoms with Crippen molar-refractivity contribution in [2.24, 2.45) is 7.05 Å². The van der Waals surface area contributed by atoms with Crippen molar-refractivity contribution >= 4 is 28.3 Å². The number of aromatic nitrogens is 4. The van der Waals surface area contributed by atoms with Crippen LogP contribution in [-0.2, 0) is 13.6 Å². The fourth-order valence-corrected chi connectivity index (χ4v) is 3.01. The summed E-state index contributed by atoms with van der Waals surface area (Å²) in [4.78, 5) is 21.2. The maximum atomic E-state index is 11.9. The first kappa shape index (κ1) is 14.6. The van der Waals surface area contributed by atoms with Gasteiger partial charge in [-0.1, -0.05) is 11.2 Å². The molecule has 3 heterocycles. The molecule has 7 nitrogen and oxygen atoms in total. The molecule has 0 saturated carbocycles. The molecular formula is C16H13N5O2S. The summed E-state index contributed by atoms with van der Waals surface area (Å²) in [5.41, 5.74) is 2.72. The fraction of sp³-hybridized carbons (Fsp3) is 0.125. The predicted octanol–water partition coefficient (Wildman–Crippen LogP) is 2.61. The second-order valence-corrected chi connectivity index (χ2v) is 6.18. The molecule has 0 saturated heterocycles. The lowest BCUT2D eigenvalue weighted by Gasteiger charge is -1.98. The number of carbonyl (C=O) groups is 1. The van der Waals surface area contributed by atoms with Crippen molar-refractivity contribution in [3.05, 3.63) is 52.8 Å². The van der Waals surface area contributed by atoms with Crippen molar-refractivity contribution in [3.63, 3.8) is 0 Å². The fourth-order valence-electron chi connectivity index (χ4n) is 2.37. The molecule has 0 aliphatic rings. The molecule has 0 aliphatic heterocycles. The topological polar surface area (TPSA) is 85.8 Å². The minimum atomic E-state index is -0.153. The maximum absolute atomic E-state index is 11.9. The number of fused-ring (bicyclic) bond motifs is 1. The van der Waals surface area contributed by atoms with E-state index in [-0.39, 0.29) is 12.5 Å². The third-order valence-electron chi connectivity index (χ3n) is 3.60. The Labute approximate surface area is 140 Å². The Kier molecular flexibility index (Phi) is 3.58. The summed E-state index contributed by atoms with van der Waals surface area (Å²) < 4.78 is 7.15. The van der Waals surface area contributed by atoms with Crippen LogP contribution in [0.4, 0.5) is 0 Å². The van der Waals surface area contributed by atoms with Gasteiger partial charge in [0.2, 0.25) is 11.7 Å². The van der Waals surface area contributed by atoms with Gasteiger partial charge in [-0.15, -0.1) is 11.3 Å². The number of carbonyl (C=O) groups excluding carboxylic acids is 1. The van der Waals surface area contributed by atoms with Crippen molar-refractivity contribution in [2.75, 3.05) is 0 Å². The van der Waals surface area contributed by atoms with Crippen LogP contribution in [0.25, 0.3) is 22.4 Å². The molecule has 0 fully saturated rings. The van der Waals surface area contributed by atoms with Gasteiger partial charge < -0.3 is 14.4 Å². The van der Waals surface area contributed by atoms with Crippen LogP contribution in [0.2, 0.25) is 0 Å². The predicted molar refractivity (Wildman–Crippen MR) is 89.5 cm³/mol. The van der Waals surface area contributed by atoms with E-state index < -0.39 is 0 Å². The van der Waals surface area contributed by atoms with Gasteiger partial charge in [0.1, 0.15) is 0 Å². The number of hydrogen-bond acceptors (Lipinski definition) is 6. The van der Waals surface area contributed by atoms with E-state index in [0.717, 1.165) is 16.6 Å². The van der Waals surface area contributed by atoms with E-state index in [1.54, 1.807) is 12.4 Å². The molecule has 0 atom stereocenters. The van der Waals surface area contributed by atoms with E-state index >= 15 is 0 Å². The van der Waals surface area contributed by atoms with Gasteiger partial charge in [0, 0.05) is 12.6 Å². The lowest BCUT2D eigenvalue weighted by molar-refractivity contribution is 0.0950. The van der Waals surface area contributed by atoms with Gasteiger partial charge in [-0.25, -0.2) is 4.98 Å². The van der Waals surface area contributed by atoms with Crippen LogP contribution in [0.5, 0.6) is 0 Å². The number of aryl methyl sites for hydroxylation is 1. The van der Waals surface area contributed by atoms with Crippen LogP contribution in [0, 0.1) is 0 Å². The van der Waals surface area contributed by atoms with E-state index in [2.05, 4.69) is 20.4 Å². The van der Waals surface area contributed by atoms with Gasteiger partial charge in [-0.05, 0) is 29.6 Å². The Balaban J connectivity index is 1.50. The van der Waals surface area contributed by atoms with Gasteiger partial charge in [0.15, 0.2) is 0 Å². The molecule has 0 radical (unpaired) electrons. The summed E-state index contributed by atoms with van der Waals surface area (Å²) in [7, 11) is 1.94. The van der Waals surface area contributed by atoms with Crippen molar-refractivity contribution in [1.82, 2.24) is 25.0 Å². The second kappa shape index (κ2) is 5.89. The summed E-state index contributed by atoms with van der Waals surface area (Å²) in [6.07, 6.45) is 1.76. The molecule has 1 amide bonds. The highest BCUT2D eigenvalue weighted by molar-refractivity contribution is 7.12. The number of benzene rings is 1. The third kappa shape index (κ3) is 2.67. The highest BCUT2D eigenvalue weighted by atomic mass is 32.1. The molecular weight excluding hydrogens is 326 g/mol. The minimum absolute atomic E-state index is 0.153. The number of nitrogens with zero attached hydrogens (tertiary/aromatic N) is 4. The lowest BCUT2D eigenvalue weighted by Crippen LogP contribution is -2.21. The second-order valence-electron chi connectivity index (χ2n) is 5.23. The highest BCUT2D eigenvalue weighted by Gasteiger charge is 2.12. The van der Waals surface area contributed by atoms with Gasteiger partial charge in [0.05, 0.1) is 28.8 Å². The van der Waals surface area contributed by atoms with Crippen LogP contribution >= 0.6 is 11.3 Å². The number of imidazole rings is 1. The van der Waals surface area contributed by atoms with Gasteiger partial charge in [-0.3, -0.25) is 4.79 Å². The summed E-state index contributed by atoms with van der Waals surface area (Å²) in [6.45, 7) is 0.190. The van der Waals surface area contributed by atoms with E-state index in [9.17, 15) is 4.79 Å². The van der Waals surface area contributed by atoms with Crippen molar-refractivity contribution in [3.8, 4) is 11.4 Å². The molecule has 4 rings (SSSR count). The monoisotopic (exact) mass is 339 g/mol. The highest BCUT2D eigenvalue weighted by Crippen LogP contribution is 2.21. The van der Waals surface area contributed by atoms with E-state index in [1.807, 2.05) is 41.3 Å². The van der Waals surface area contributed by atoms with Crippen molar-refractivity contribution in [1.29, 1.82) is 0 Å². The van der Waals surface area contributed by atoms with Crippen molar-refractivity contribution in [2.45, 2.75) is 6.54 Å². The number of amides is 1. The van der Waals surface area contributed by atoms with Crippen LogP contribution < -0.4 is 5.32 Å². The molecule has 24 heavy (non-hydrogen) atoms. The van der Waals surface area contributed by atoms with Crippen LogP contribution in [-0.4, -0.2) is 25.6 Å². The zero-order chi connectivity index (χ0) is 16.5. The standard InChI is InChI=1S/C16H13N5O2S/c1-21-9-18-11-7-10(4-5-12(11)21)15-19-14(23-20-15)8-17-16(22)13-3-2-6-24-13/h2-7,9H,8H2,1H3,(H,17,22). The average molecular weight is 339 g/mol. The number of rotatable bonds is 4. The normalized spacial score (nSPS) is 11.0. The SMILES string of the molecule is Cn1cnc2cc(-c3noc(CNC(=O)c4cccs4)n3)ccc21. The Bertz CT molecular complexity index is 1000. The third-order valence-corrected chi connectivity index (χ3v) is 4.47. The van der Waals surface area contributed by atoms with Gasteiger partial charge >= 0.3 is 0 Å². The molecule has 8 heteroatoms. The first-order chi connectivity index (χ1) is 11.7. The van der Waals surface area contributed by atoms with E-state index in [0.29, 0.717) is 16.6 Å². The summed E-state index contributed by atoms with van der Waals surface area (Å²) >= 11 is 1.38. The molecule has 1 aromatic carbocycles. The summed E-state index contributed by atoms with van der Waals surface area (Å²) in [5, 5.41) is 8.58. The Morgan fingerprint density at radius 1 is 1.38 bits per heavy atom. The van der Waals surface area contributed by atoms with Crippen LogP contribution in [0.1, 0.15) is 15.6 Å². The smallest absolute Gasteiger partial charge is 0.261 e. The maximum Gasteiger partial charge on any atom is 0.261 e. The zero-order valence-electron chi connectivity index (χ0n) is 12.8. The molecule has 0 spiro atoms. The first-order valence-electron chi connectivity index (χ1n) is 7.26. The number of nitrogens with one attached hydrogen (secondary N) is 1. The molecule has 3 aromatic heterocycles. The molecule has 1 N–H and O–H groups in total. The van der Waals surface area contributed by atoms with Crippen LogP contribution in [0.3, 0.4) is 0 Å². The van der Waals surface area contributed by atoms with Gasteiger partial charge in [-0.2, -0.15) is 4.98 Å². The lowest BCUT2D eigenvalue weighted by atomic mass is 10.2. The quantitative estimate of drug-likeness (QED) is 0.618. The zero-order valence-corrected chi connectivity index (χ0v) is 13.6. The number of thiophene rings is 1. The first-order valence-corrected chi connectivity index (χ1v) is 8.14. The average Bonchev–Trinajstić information content (AvgIpc) is 3.34. The molecule has 0 bridgehead atoms. The van der Waals surface area contributed by atoms with Crippen LogP contribution in [0.15, 0.2) is 46.6 Å². The molecule has 0 unspecified atom stereocenters. The largest absolute Gasteiger partial charge is 0.342 e. The molecule has 0 aliphatic carbocycles. The molecule has 120 valence electrons. The minimum Gasteiger partial charge on any atom is -0.342 e. The van der Waals surface area contributed by atoms with E-state index in [1.165, 1.54) is 11.3 Å². The summed E-state index contributed by atoms with van der Waals surface area (Å²) in [6, 6.07) is 9.39. The number of hydrogen-bond donors (Lipinski definition) is 1. The Morgan fingerprint density at radius 3 is 3.12 bits per heavy atom. The van der Waals surface area contributed by atoms with Gasteiger partial charge in [0.25, 0.3) is 5.91 Å². The summed E-state index contributed by atoms with van der Waals surface area (Å²) in [5.74, 6) is 0.679. The van der Waals surface area contributed by atoms with Crippen molar-refractivity contribution < 1.29 is 9.32 Å². The Morgan fingerprint density at radius 2 is 2.29 bits per heavy atom. The molecule has 4 aromatic rings.